The zero-order valence-electron chi connectivity index (χ0n) is 7.73. The summed E-state index contributed by atoms with van der Waals surface area (Å²) in [5, 5.41) is 17.2. The van der Waals surface area contributed by atoms with E-state index in [2.05, 4.69) is 6.07 Å². The van der Waals surface area contributed by atoms with Crippen molar-refractivity contribution in [3.05, 3.63) is 0 Å². The van der Waals surface area contributed by atoms with Gasteiger partial charge in [-0.1, -0.05) is 6.42 Å². The van der Waals surface area contributed by atoms with E-state index in [0.717, 1.165) is 19.3 Å². The molecule has 0 aromatic rings. The molecule has 2 unspecified atom stereocenters. The molecule has 2 atom stereocenters. The third-order valence-electron chi connectivity index (χ3n) is 2.21. The molecule has 0 aromatic heterocycles. The van der Waals surface area contributed by atoms with Crippen LogP contribution in [0.2, 0.25) is 0 Å². The number of nitrogens with zero attached hydrogens (tertiary/aromatic N) is 1. The smallest absolute Gasteiger partial charge is 0.870 e. The van der Waals surface area contributed by atoms with Crippen molar-refractivity contribution < 1.29 is 34.2 Å². The van der Waals surface area contributed by atoms with Gasteiger partial charge in [0.15, 0.2) is 0 Å². The van der Waals surface area contributed by atoms with Gasteiger partial charge in [-0.15, -0.1) is 0 Å². The molecule has 0 spiro atoms. The van der Waals surface area contributed by atoms with Crippen molar-refractivity contribution in [3.63, 3.8) is 0 Å². The molecule has 13 heavy (non-hydrogen) atoms. The molecular weight excluding hydrogens is 165 g/mol. The van der Waals surface area contributed by atoms with Crippen molar-refractivity contribution in [2.45, 2.75) is 25.7 Å². The molecule has 1 aliphatic rings. The van der Waals surface area contributed by atoms with Gasteiger partial charge in [0.05, 0.1) is 12.0 Å². The van der Waals surface area contributed by atoms with Crippen molar-refractivity contribution in [2.24, 2.45) is 11.8 Å². The molecule has 1 rings (SSSR count). The van der Waals surface area contributed by atoms with Crippen molar-refractivity contribution in [1.29, 1.82) is 5.26 Å². The molecule has 0 aliphatic heterocycles. The minimum Gasteiger partial charge on any atom is -0.870 e. The van der Waals surface area contributed by atoms with Gasteiger partial charge >= 0.3 is 24.8 Å². The standard InChI is InChI=1S/C8H11NO2.Li.H2O/c9-5-6-2-1-3-7(4-6)8(10)11;;/h6-7H,1-4H2,(H,10,11);;1H2/q;+1;/p-1. The zero-order valence-corrected chi connectivity index (χ0v) is 7.73. The number of hydrogen-bond acceptors (Lipinski definition) is 3. The number of nitriles is 1. The number of aliphatic carboxylic acids is 1. The fourth-order valence-electron chi connectivity index (χ4n) is 1.53. The predicted molar refractivity (Wildman–Crippen MR) is 40.6 cm³/mol. The Morgan fingerprint density at radius 1 is 1.46 bits per heavy atom. The number of carbonyl (C=O) groups is 1. The first-order valence-electron chi connectivity index (χ1n) is 3.86. The monoisotopic (exact) mass is 177 g/mol. The van der Waals surface area contributed by atoms with E-state index < -0.39 is 5.97 Å². The van der Waals surface area contributed by atoms with Crippen molar-refractivity contribution in [1.82, 2.24) is 0 Å². The van der Waals surface area contributed by atoms with Gasteiger partial charge in [-0.25, -0.2) is 0 Å². The van der Waals surface area contributed by atoms with Crippen LogP contribution in [0.3, 0.4) is 0 Å². The first-order valence-corrected chi connectivity index (χ1v) is 3.86. The third-order valence-corrected chi connectivity index (χ3v) is 2.21. The summed E-state index contributed by atoms with van der Waals surface area (Å²) in [5.41, 5.74) is 0. The van der Waals surface area contributed by atoms with Gasteiger partial charge in [0, 0.05) is 5.92 Å². The second kappa shape index (κ2) is 6.97. The maximum atomic E-state index is 10.5. The maximum absolute atomic E-state index is 10.5. The van der Waals surface area contributed by atoms with E-state index in [9.17, 15) is 4.79 Å². The average molecular weight is 177 g/mol. The van der Waals surface area contributed by atoms with Crippen molar-refractivity contribution >= 4 is 5.97 Å². The van der Waals surface area contributed by atoms with Gasteiger partial charge in [-0.3, -0.25) is 4.79 Å². The molecule has 0 bridgehead atoms. The van der Waals surface area contributed by atoms with Gasteiger partial charge in [0.25, 0.3) is 0 Å². The van der Waals surface area contributed by atoms with Crippen LogP contribution in [0.15, 0.2) is 0 Å². The second-order valence-electron chi connectivity index (χ2n) is 3.03. The van der Waals surface area contributed by atoms with E-state index in [1.807, 2.05) is 0 Å². The van der Waals surface area contributed by atoms with Crippen LogP contribution in [-0.4, -0.2) is 16.6 Å². The Balaban J connectivity index is 0. The topological polar surface area (TPSA) is 91.1 Å². The van der Waals surface area contributed by atoms with Crippen LogP contribution >= 0.6 is 0 Å². The average Bonchev–Trinajstić information content (AvgIpc) is 2.05. The molecule has 0 heterocycles. The SMILES string of the molecule is N#CC1CCCC(C(=O)O)C1.[Li+].[OH-]. The maximum Gasteiger partial charge on any atom is 1.00 e. The number of carboxylic acid groups (broad SMARTS) is 1. The van der Waals surface area contributed by atoms with Gasteiger partial charge in [-0.05, 0) is 19.3 Å². The molecule has 0 saturated heterocycles. The van der Waals surface area contributed by atoms with Gasteiger partial charge in [0.2, 0.25) is 0 Å². The fourth-order valence-corrected chi connectivity index (χ4v) is 1.53. The summed E-state index contributed by atoms with van der Waals surface area (Å²) in [6.07, 6.45) is 3.05. The number of hydrogen-bond donors (Lipinski definition) is 1. The summed E-state index contributed by atoms with van der Waals surface area (Å²) >= 11 is 0. The van der Waals surface area contributed by atoms with Crippen LogP contribution in [0.1, 0.15) is 25.7 Å². The molecule has 68 valence electrons. The van der Waals surface area contributed by atoms with E-state index in [1.165, 1.54) is 0 Å². The second-order valence-corrected chi connectivity index (χ2v) is 3.03. The largest absolute Gasteiger partial charge is 1.00 e. The summed E-state index contributed by atoms with van der Waals surface area (Å²) in [6, 6.07) is 2.13. The number of carboxylic acids is 1. The first-order chi connectivity index (χ1) is 5.24. The molecule has 4 nitrogen and oxygen atoms in total. The minimum absolute atomic E-state index is 0. The molecular formula is C8H12LiNO3. The van der Waals surface area contributed by atoms with Crippen LogP contribution in [0.25, 0.3) is 0 Å². The zero-order chi connectivity index (χ0) is 8.27. The van der Waals surface area contributed by atoms with E-state index in [4.69, 9.17) is 10.4 Å². The summed E-state index contributed by atoms with van der Waals surface area (Å²) in [6.45, 7) is 0. The van der Waals surface area contributed by atoms with Crippen LogP contribution in [-0.2, 0) is 4.79 Å². The van der Waals surface area contributed by atoms with E-state index in [0.29, 0.717) is 6.42 Å². The van der Waals surface area contributed by atoms with E-state index >= 15 is 0 Å². The Hall–Kier alpha value is -0.483. The first kappa shape index (κ1) is 15.0. The van der Waals surface area contributed by atoms with Crippen LogP contribution in [0.4, 0.5) is 0 Å². The van der Waals surface area contributed by atoms with E-state index in [1.54, 1.807) is 0 Å². The normalized spacial score (nSPS) is 26.1. The Morgan fingerprint density at radius 2 is 2.08 bits per heavy atom. The van der Waals surface area contributed by atoms with Crippen LogP contribution in [0, 0.1) is 23.2 Å². The summed E-state index contributed by atoms with van der Waals surface area (Å²) in [5.74, 6) is -1.04. The molecule has 1 saturated carbocycles. The van der Waals surface area contributed by atoms with E-state index in [-0.39, 0.29) is 36.2 Å². The van der Waals surface area contributed by atoms with Gasteiger partial charge in [0.1, 0.15) is 0 Å². The Kier molecular flexibility index (Phi) is 8.05. The van der Waals surface area contributed by atoms with Gasteiger partial charge in [-0.2, -0.15) is 5.26 Å². The Labute approximate surface area is 89.4 Å². The minimum atomic E-state index is -0.745. The van der Waals surface area contributed by atoms with Crippen molar-refractivity contribution in [2.75, 3.05) is 0 Å². The molecule has 5 heteroatoms. The summed E-state index contributed by atoms with van der Waals surface area (Å²) < 4.78 is 0. The van der Waals surface area contributed by atoms with Crippen LogP contribution in [0.5, 0.6) is 0 Å². The summed E-state index contributed by atoms with van der Waals surface area (Å²) in [4.78, 5) is 10.5. The fraction of sp³-hybridized carbons (Fsp3) is 0.750. The Morgan fingerprint density at radius 3 is 2.54 bits per heavy atom. The molecule has 1 fully saturated rings. The predicted octanol–water partition coefficient (Wildman–Crippen LogP) is -1.77. The molecule has 0 radical (unpaired) electrons. The Bertz CT molecular complexity index is 202. The van der Waals surface area contributed by atoms with Crippen molar-refractivity contribution in [3.8, 4) is 6.07 Å². The molecule has 0 amide bonds. The van der Waals surface area contributed by atoms with Crippen LogP contribution < -0.4 is 18.9 Å². The number of rotatable bonds is 1. The molecule has 0 aromatic carbocycles. The summed E-state index contributed by atoms with van der Waals surface area (Å²) in [7, 11) is 0. The molecule has 2 N–H and O–H groups in total. The third kappa shape index (κ3) is 4.33. The molecule has 1 aliphatic carbocycles. The quantitative estimate of drug-likeness (QED) is 0.480. The van der Waals surface area contributed by atoms with Gasteiger partial charge < -0.3 is 10.6 Å².